The standard InChI is InChI=1S/C22H21N7O/c1-14-19(12-27-29(14)18-10-24-11-18)16-7-21(22-17(8-23)9-26-28(22)13-16)30-15(2)20-5-3-4-6-25-20/h3-7,9,12-13,15,18,24H,10-11H2,1-2H3/t15-/m1/s1. The Labute approximate surface area is 173 Å². The summed E-state index contributed by atoms with van der Waals surface area (Å²) in [6, 6.07) is 10.3. The van der Waals surface area contributed by atoms with Crippen molar-refractivity contribution in [1.82, 2.24) is 29.7 Å². The van der Waals surface area contributed by atoms with Crippen molar-refractivity contribution in [1.29, 1.82) is 5.26 Å². The molecule has 0 amide bonds. The Hall–Kier alpha value is -3.70. The maximum atomic E-state index is 9.54. The molecule has 30 heavy (non-hydrogen) atoms. The van der Waals surface area contributed by atoms with E-state index in [2.05, 4.69) is 38.2 Å². The van der Waals surface area contributed by atoms with E-state index in [0.717, 1.165) is 35.6 Å². The minimum absolute atomic E-state index is 0.281. The van der Waals surface area contributed by atoms with Gasteiger partial charge in [-0.05, 0) is 32.0 Å². The summed E-state index contributed by atoms with van der Waals surface area (Å²) < 4.78 is 10.1. The number of ether oxygens (including phenoxy) is 1. The molecular weight excluding hydrogens is 378 g/mol. The second-order valence-corrected chi connectivity index (χ2v) is 7.47. The summed E-state index contributed by atoms with van der Waals surface area (Å²) in [5, 5.41) is 21.8. The topological polar surface area (TPSA) is 93.1 Å². The van der Waals surface area contributed by atoms with Crippen LogP contribution in [-0.2, 0) is 0 Å². The Morgan fingerprint density at radius 2 is 2.13 bits per heavy atom. The molecule has 0 unspecified atom stereocenters. The highest BCUT2D eigenvalue weighted by atomic mass is 16.5. The van der Waals surface area contributed by atoms with Gasteiger partial charge in [0.25, 0.3) is 0 Å². The molecule has 0 bridgehead atoms. The van der Waals surface area contributed by atoms with E-state index >= 15 is 0 Å². The molecule has 0 saturated carbocycles. The number of hydrogen-bond donors (Lipinski definition) is 1. The zero-order valence-electron chi connectivity index (χ0n) is 16.8. The molecule has 1 saturated heterocycles. The summed E-state index contributed by atoms with van der Waals surface area (Å²) in [6.07, 6.45) is 6.83. The number of fused-ring (bicyclic) bond motifs is 1. The average Bonchev–Trinajstić information content (AvgIpc) is 3.31. The summed E-state index contributed by atoms with van der Waals surface area (Å²) in [5.74, 6) is 0.595. The molecule has 4 aromatic rings. The van der Waals surface area contributed by atoms with Crippen LogP contribution < -0.4 is 10.1 Å². The number of rotatable bonds is 5. The lowest BCUT2D eigenvalue weighted by atomic mass is 10.1. The minimum Gasteiger partial charge on any atom is -0.482 e. The molecule has 0 aliphatic carbocycles. The molecule has 1 fully saturated rings. The highest BCUT2D eigenvalue weighted by Crippen LogP contribution is 2.34. The highest BCUT2D eigenvalue weighted by Gasteiger charge is 2.23. The van der Waals surface area contributed by atoms with Gasteiger partial charge in [0.15, 0.2) is 0 Å². The maximum absolute atomic E-state index is 9.54. The third-order valence-corrected chi connectivity index (χ3v) is 5.57. The van der Waals surface area contributed by atoms with E-state index in [4.69, 9.17) is 4.74 Å². The smallest absolute Gasteiger partial charge is 0.148 e. The van der Waals surface area contributed by atoms with Crippen LogP contribution in [0.25, 0.3) is 16.6 Å². The molecule has 8 nitrogen and oxygen atoms in total. The van der Waals surface area contributed by atoms with Crippen LogP contribution in [0.5, 0.6) is 5.75 Å². The van der Waals surface area contributed by atoms with Crippen molar-refractivity contribution in [2.45, 2.75) is 26.0 Å². The third kappa shape index (κ3) is 3.00. The van der Waals surface area contributed by atoms with Crippen LogP contribution in [0.1, 0.15) is 36.0 Å². The van der Waals surface area contributed by atoms with Crippen LogP contribution in [0.15, 0.2) is 49.1 Å². The van der Waals surface area contributed by atoms with Crippen LogP contribution in [0, 0.1) is 18.3 Å². The van der Waals surface area contributed by atoms with Crippen LogP contribution in [0.2, 0.25) is 0 Å². The van der Waals surface area contributed by atoms with Gasteiger partial charge < -0.3 is 10.1 Å². The quantitative estimate of drug-likeness (QED) is 0.554. The van der Waals surface area contributed by atoms with Gasteiger partial charge in [0.05, 0.1) is 24.1 Å². The van der Waals surface area contributed by atoms with E-state index in [-0.39, 0.29) is 6.10 Å². The third-order valence-electron chi connectivity index (χ3n) is 5.57. The van der Waals surface area contributed by atoms with Gasteiger partial charge in [-0.15, -0.1) is 0 Å². The molecule has 1 aliphatic heterocycles. The fourth-order valence-corrected chi connectivity index (χ4v) is 3.79. The average molecular weight is 399 g/mol. The van der Waals surface area contributed by atoms with E-state index in [1.54, 1.807) is 16.9 Å². The Kier molecular flexibility index (Phi) is 4.45. The SMILES string of the molecule is Cc1c(-c2cc(O[C@H](C)c3ccccn3)c3c(C#N)cnn3c2)cnn1C1CNC1. The second kappa shape index (κ2) is 7.28. The summed E-state index contributed by atoms with van der Waals surface area (Å²) in [6.45, 7) is 5.88. The van der Waals surface area contributed by atoms with Crippen LogP contribution in [-0.4, -0.2) is 37.5 Å². The van der Waals surface area contributed by atoms with Gasteiger partial charge in [-0.2, -0.15) is 15.5 Å². The zero-order chi connectivity index (χ0) is 20.7. The zero-order valence-corrected chi connectivity index (χ0v) is 16.8. The molecular formula is C22H21N7O. The molecule has 1 atom stereocenters. The van der Waals surface area contributed by atoms with Crippen molar-refractivity contribution >= 4 is 5.52 Å². The lowest BCUT2D eigenvalue weighted by molar-refractivity contribution is 0.224. The molecule has 1 N–H and O–H groups in total. The first kappa shape index (κ1) is 18.3. The van der Waals surface area contributed by atoms with Crippen molar-refractivity contribution in [3.8, 4) is 22.9 Å². The van der Waals surface area contributed by atoms with E-state index in [9.17, 15) is 5.26 Å². The van der Waals surface area contributed by atoms with E-state index < -0.39 is 0 Å². The summed E-state index contributed by atoms with van der Waals surface area (Å²) >= 11 is 0. The van der Waals surface area contributed by atoms with Gasteiger partial charge >= 0.3 is 0 Å². The fraction of sp³-hybridized carbons (Fsp3) is 0.273. The molecule has 1 aliphatic rings. The van der Waals surface area contributed by atoms with Crippen molar-refractivity contribution in [2.24, 2.45) is 0 Å². The van der Waals surface area contributed by atoms with Gasteiger partial charge in [0.2, 0.25) is 0 Å². The normalized spacial score (nSPS) is 15.0. The monoisotopic (exact) mass is 399 g/mol. The highest BCUT2D eigenvalue weighted by molar-refractivity contribution is 5.76. The van der Waals surface area contributed by atoms with E-state index in [1.807, 2.05) is 43.6 Å². The number of nitrogens with zero attached hydrogens (tertiary/aromatic N) is 6. The van der Waals surface area contributed by atoms with Gasteiger partial charge in [-0.3, -0.25) is 9.67 Å². The number of pyridine rings is 2. The van der Waals surface area contributed by atoms with Gasteiger partial charge in [-0.1, -0.05) is 6.07 Å². The maximum Gasteiger partial charge on any atom is 0.148 e. The van der Waals surface area contributed by atoms with E-state index in [0.29, 0.717) is 22.9 Å². The fourth-order valence-electron chi connectivity index (χ4n) is 3.79. The summed E-state index contributed by atoms with van der Waals surface area (Å²) in [5.41, 5.74) is 5.00. The Morgan fingerprint density at radius 1 is 1.27 bits per heavy atom. The molecule has 0 aromatic carbocycles. The lowest BCUT2D eigenvalue weighted by Gasteiger charge is -2.28. The van der Waals surface area contributed by atoms with Crippen molar-refractivity contribution in [3.63, 3.8) is 0 Å². The molecule has 5 rings (SSSR count). The molecule has 4 aromatic heterocycles. The van der Waals surface area contributed by atoms with Crippen LogP contribution >= 0.6 is 0 Å². The van der Waals surface area contributed by atoms with Crippen LogP contribution in [0.4, 0.5) is 0 Å². The minimum atomic E-state index is -0.281. The molecule has 150 valence electrons. The Bertz CT molecular complexity index is 1250. The van der Waals surface area contributed by atoms with Crippen LogP contribution in [0.3, 0.4) is 0 Å². The summed E-state index contributed by atoms with van der Waals surface area (Å²) in [7, 11) is 0. The first-order valence-corrected chi connectivity index (χ1v) is 9.90. The van der Waals surface area contributed by atoms with Gasteiger partial charge in [0, 0.05) is 42.3 Å². The molecule has 0 radical (unpaired) electrons. The van der Waals surface area contributed by atoms with E-state index in [1.165, 1.54) is 0 Å². The van der Waals surface area contributed by atoms with Gasteiger partial charge in [-0.25, -0.2) is 4.52 Å². The first-order valence-electron chi connectivity index (χ1n) is 9.90. The number of aromatic nitrogens is 5. The number of nitrogens with one attached hydrogen (secondary N) is 1. The molecule has 5 heterocycles. The molecule has 0 spiro atoms. The van der Waals surface area contributed by atoms with Crippen molar-refractivity contribution in [2.75, 3.05) is 13.1 Å². The number of hydrogen-bond acceptors (Lipinski definition) is 6. The largest absolute Gasteiger partial charge is 0.482 e. The molecule has 8 heteroatoms. The Balaban J connectivity index is 1.60. The van der Waals surface area contributed by atoms with Gasteiger partial charge in [0.1, 0.15) is 29.0 Å². The summed E-state index contributed by atoms with van der Waals surface area (Å²) in [4.78, 5) is 4.39. The lowest BCUT2D eigenvalue weighted by Crippen LogP contribution is -2.44. The predicted molar refractivity (Wildman–Crippen MR) is 111 cm³/mol. The predicted octanol–water partition coefficient (Wildman–Crippen LogP) is 3.06. The second-order valence-electron chi connectivity index (χ2n) is 7.47. The van der Waals surface area contributed by atoms with Crippen molar-refractivity contribution in [3.05, 3.63) is 66.0 Å². The first-order chi connectivity index (χ1) is 14.7. The number of nitriles is 1. The Morgan fingerprint density at radius 3 is 2.83 bits per heavy atom. The van der Waals surface area contributed by atoms with Crippen molar-refractivity contribution < 1.29 is 4.74 Å².